The smallest absolute Gasteiger partial charge is 0.336 e. The largest absolute Gasteiger partial charge is 0.497 e. The van der Waals surface area contributed by atoms with Crippen molar-refractivity contribution >= 4 is 28.5 Å². The molecule has 0 amide bonds. The number of fused-ring (bicyclic) bond motifs is 1. The molecule has 3 rings (SSSR count). The molecule has 1 heterocycles. The van der Waals surface area contributed by atoms with E-state index < -0.39 is 5.97 Å². The lowest BCUT2D eigenvalue weighted by atomic mass is 10.0. The standard InChI is InChI=1S/C18H15NO3/c1-22-14-8-6-12(7-9-14)16(18(20)21)10-13-11-19-17-5-3-2-4-15(13)17/h2-11,19H,1H3,(H,20,21)/b16-10-. The van der Waals surface area contributed by atoms with Crippen LogP contribution in [0.1, 0.15) is 11.1 Å². The Morgan fingerprint density at radius 3 is 2.55 bits per heavy atom. The molecule has 0 aliphatic heterocycles. The van der Waals surface area contributed by atoms with Gasteiger partial charge in [-0.2, -0.15) is 0 Å². The highest BCUT2D eigenvalue weighted by Crippen LogP contribution is 2.25. The summed E-state index contributed by atoms with van der Waals surface area (Å²) < 4.78 is 5.10. The molecule has 0 fully saturated rings. The van der Waals surface area contributed by atoms with Crippen molar-refractivity contribution in [3.05, 3.63) is 65.9 Å². The summed E-state index contributed by atoms with van der Waals surface area (Å²) in [6.45, 7) is 0. The van der Waals surface area contributed by atoms with Crippen molar-refractivity contribution in [3.63, 3.8) is 0 Å². The molecule has 2 N–H and O–H groups in total. The first kappa shape index (κ1) is 13.9. The molecule has 0 spiro atoms. The van der Waals surface area contributed by atoms with Crippen molar-refractivity contribution in [1.29, 1.82) is 0 Å². The molecule has 1 aromatic heterocycles. The minimum Gasteiger partial charge on any atom is -0.497 e. The lowest BCUT2D eigenvalue weighted by Crippen LogP contribution is -1.99. The number of hydrogen-bond donors (Lipinski definition) is 2. The molecule has 0 aliphatic rings. The van der Waals surface area contributed by atoms with E-state index in [0.717, 1.165) is 16.5 Å². The third kappa shape index (κ3) is 2.59. The number of carboxylic acid groups (broad SMARTS) is 1. The molecule has 0 saturated carbocycles. The van der Waals surface area contributed by atoms with Gasteiger partial charge in [0.05, 0.1) is 12.7 Å². The van der Waals surface area contributed by atoms with Gasteiger partial charge in [0.25, 0.3) is 0 Å². The second-order valence-corrected chi connectivity index (χ2v) is 4.88. The van der Waals surface area contributed by atoms with Crippen LogP contribution in [0.2, 0.25) is 0 Å². The number of aliphatic carboxylic acids is 1. The van der Waals surface area contributed by atoms with Gasteiger partial charge in [-0.15, -0.1) is 0 Å². The van der Waals surface area contributed by atoms with Crippen molar-refractivity contribution in [2.24, 2.45) is 0 Å². The first-order valence-corrected chi connectivity index (χ1v) is 6.84. The summed E-state index contributed by atoms with van der Waals surface area (Å²) in [5, 5.41) is 10.5. The Morgan fingerprint density at radius 2 is 1.86 bits per heavy atom. The van der Waals surface area contributed by atoms with E-state index in [1.165, 1.54) is 0 Å². The fourth-order valence-electron chi connectivity index (χ4n) is 2.41. The van der Waals surface area contributed by atoms with Crippen molar-refractivity contribution in [2.75, 3.05) is 7.11 Å². The predicted octanol–water partition coefficient (Wildman–Crippen LogP) is 3.80. The van der Waals surface area contributed by atoms with Gasteiger partial charge in [0, 0.05) is 22.7 Å². The third-order valence-corrected chi connectivity index (χ3v) is 3.55. The zero-order chi connectivity index (χ0) is 15.5. The molecule has 0 atom stereocenters. The maximum atomic E-state index is 11.6. The van der Waals surface area contributed by atoms with Gasteiger partial charge in [0.1, 0.15) is 5.75 Å². The van der Waals surface area contributed by atoms with Crippen LogP contribution in [0.3, 0.4) is 0 Å². The second kappa shape index (κ2) is 5.77. The number of rotatable bonds is 4. The molecule has 0 unspecified atom stereocenters. The minimum atomic E-state index is -0.963. The summed E-state index contributed by atoms with van der Waals surface area (Å²) in [6.07, 6.45) is 3.50. The van der Waals surface area contributed by atoms with Gasteiger partial charge in [0.15, 0.2) is 0 Å². The monoisotopic (exact) mass is 293 g/mol. The van der Waals surface area contributed by atoms with E-state index in [1.54, 1.807) is 37.5 Å². The van der Waals surface area contributed by atoms with Crippen LogP contribution >= 0.6 is 0 Å². The molecule has 22 heavy (non-hydrogen) atoms. The molecule has 0 aliphatic carbocycles. The summed E-state index contributed by atoms with van der Waals surface area (Å²) in [4.78, 5) is 14.8. The van der Waals surface area contributed by atoms with E-state index in [4.69, 9.17) is 4.74 Å². The number of aromatic nitrogens is 1. The van der Waals surface area contributed by atoms with Gasteiger partial charge in [-0.3, -0.25) is 0 Å². The summed E-state index contributed by atoms with van der Waals surface area (Å²) in [7, 11) is 1.58. The third-order valence-electron chi connectivity index (χ3n) is 3.55. The summed E-state index contributed by atoms with van der Waals surface area (Å²) >= 11 is 0. The average molecular weight is 293 g/mol. The first-order chi connectivity index (χ1) is 10.7. The molecule has 4 heteroatoms. The van der Waals surface area contributed by atoms with E-state index in [1.807, 2.05) is 30.5 Å². The second-order valence-electron chi connectivity index (χ2n) is 4.88. The fourth-order valence-corrected chi connectivity index (χ4v) is 2.41. The van der Waals surface area contributed by atoms with Crippen molar-refractivity contribution in [2.45, 2.75) is 0 Å². The molecule has 0 saturated heterocycles. The summed E-state index contributed by atoms with van der Waals surface area (Å²) in [5.41, 5.74) is 2.71. The van der Waals surface area contributed by atoms with Gasteiger partial charge in [0.2, 0.25) is 0 Å². The Labute approximate surface area is 127 Å². The van der Waals surface area contributed by atoms with Gasteiger partial charge in [-0.05, 0) is 29.8 Å². The Bertz CT molecular complexity index is 844. The molecule has 0 radical (unpaired) electrons. The van der Waals surface area contributed by atoms with Crippen LogP contribution in [0.4, 0.5) is 0 Å². The summed E-state index contributed by atoms with van der Waals surface area (Å²) in [6, 6.07) is 14.8. The van der Waals surface area contributed by atoms with E-state index in [2.05, 4.69) is 4.98 Å². The molecule has 110 valence electrons. The number of para-hydroxylation sites is 1. The number of H-pyrrole nitrogens is 1. The molecule has 3 aromatic rings. The van der Waals surface area contributed by atoms with Crippen LogP contribution < -0.4 is 4.74 Å². The number of carbonyl (C=O) groups is 1. The van der Waals surface area contributed by atoms with E-state index in [-0.39, 0.29) is 5.57 Å². The van der Waals surface area contributed by atoms with E-state index in [0.29, 0.717) is 11.3 Å². The van der Waals surface area contributed by atoms with Gasteiger partial charge in [-0.25, -0.2) is 4.79 Å². The lowest BCUT2D eigenvalue weighted by Gasteiger charge is -2.04. The molecular weight excluding hydrogens is 278 g/mol. The fraction of sp³-hybridized carbons (Fsp3) is 0.0556. The normalized spacial score (nSPS) is 11.6. The Morgan fingerprint density at radius 1 is 1.14 bits per heavy atom. The zero-order valence-corrected chi connectivity index (χ0v) is 12.0. The summed E-state index contributed by atoms with van der Waals surface area (Å²) in [5.74, 6) is -0.268. The molecular formula is C18H15NO3. The Hall–Kier alpha value is -3.01. The topological polar surface area (TPSA) is 62.3 Å². The van der Waals surface area contributed by atoms with Crippen LogP contribution in [0.5, 0.6) is 5.75 Å². The number of nitrogens with one attached hydrogen (secondary N) is 1. The van der Waals surface area contributed by atoms with Crippen molar-refractivity contribution < 1.29 is 14.6 Å². The number of aromatic amines is 1. The highest BCUT2D eigenvalue weighted by atomic mass is 16.5. The predicted molar refractivity (Wildman–Crippen MR) is 86.8 cm³/mol. The number of benzene rings is 2. The van der Waals surface area contributed by atoms with Crippen LogP contribution in [-0.4, -0.2) is 23.2 Å². The van der Waals surface area contributed by atoms with Gasteiger partial charge in [-0.1, -0.05) is 30.3 Å². The SMILES string of the molecule is COc1ccc(/C(=C/c2c[nH]c3ccccc23)C(=O)O)cc1. The van der Waals surface area contributed by atoms with Gasteiger partial charge < -0.3 is 14.8 Å². The first-order valence-electron chi connectivity index (χ1n) is 6.84. The van der Waals surface area contributed by atoms with Gasteiger partial charge >= 0.3 is 5.97 Å². The number of ether oxygens (including phenoxy) is 1. The number of methoxy groups -OCH3 is 1. The Kier molecular flexibility index (Phi) is 3.66. The van der Waals surface area contributed by atoms with Crippen LogP contribution in [0, 0.1) is 0 Å². The maximum Gasteiger partial charge on any atom is 0.336 e. The molecule has 4 nitrogen and oxygen atoms in total. The van der Waals surface area contributed by atoms with Crippen LogP contribution in [-0.2, 0) is 4.79 Å². The van der Waals surface area contributed by atoms with Crippen molar-refractivity contribution in [1.82, 2.24) is 4.98 Å². The number of hydrogen-bond acceptors (Lipinski definition) is 2. The molecule has 0 bridgehead atoms. The number of carboxylic acids is 1. The quantitative estimate of drug-likeness (QED) is 0.719. The minimum absolute atomic E-state index is 0.243. The van der Waals surface area contributed by atoms with Crippen LogP contribution in [0.25, 0.3) is 22.6 Å². The zero-order valence-electron chi connectivity index (χ0n) is 12.0. The molecule has 2 aromatic carbocycles. The Balaban J connectivity index is 2.08. The van der Waals surface area contributed by atoms with E-state index >= 15 is 0 Å². The maximum absolute atomic E-state index is 11.6. The average Bonchev–Trinajstić information content (AvgIpc) is 2.95. The lowest BCUT2D eigenvalue weighted by molar-refractivity contribution is -0.130. The van der Waals surface area contributed by atoms with Crippen LogP contribution in [0.15, 0.2) is 54.7 Å². The van der Waals surface area contributed by atoms with Crippen molar-refractivity contribution in [3.8, 4) is 5.75 Å². The van der Waals surface area contributed by atoms with E-state index in [9.17, 15) is 9.90 Å². The highest BCUT2D eigenvalue weighted by molar-refractivity contribution is 6.21. The highest BCUT2D eigenvalue weighted by Gasteiger charge is 2.12.